The molecule has 3 rings (SSSR count). The lowest BCUT2D eigenvalue weighted by Crippen LogP contribution is -2.54. The normalized spacial score (nSPS) is 15.1. The molecule has 4 amide bonds. The molecule has 0 atom stereocenters. The molecule has 2 aromatic rings. The van der Waals surface area contributed by atoms with E-state index >= 15 is 0 Å². The summed E-state index contributed by atoms with van der Waals surface area (Å²) in [5.74, 6) is -1.96. The number of ether oxygens (including phenoxy) is 2. The van der Waals surface area contributed by atoms with E-state index in [-0.39, 0.29) is 29.6 Å². The van der Waals surface area contributed by atoms with Crippen LogP contribution in [-0.4, -0.2) is 42.1 Å². The lowest BCUT2D eigenvalue weighted by atomic mass is 10.0. The lowest BCUT2D eigenvalue weighted by Gasteiger charge is -2.26. The zero-order chi connectivity index (χ0) is 24.1. The number of imide groups is 2. The minimum atomic E-state index is -1.14. The number of carboxylic acid groups (broad SMARTS) is 1. The third kappa shape index (κ3) is 5.38. The largest absolute Gasteiger partial charge is 0.490 e. The molecule has 1 aliphatic heterocycles. The van der Waals surface area contributed by atoms with E-state index in [9.17, 15) is 19.2 Å². The third-order valence-electron chi connectivity index (χ3n) is 4.85. The number of aliphatic carboxylic acids is 1. The van der Waals surface area contributed by atoms with Crippen LogP contribution < -0.4 is 19.7 Å². The first-order chi connectivity index (χ1) is 15.7. The van der Waals surface area contributed by atoms with Gasteiger partial charge < -0.3 is 14.6 Å². The first-order valence-electron chi connectivity index (χ1n) is 10.3. The molecule has 1 aliphatic rings. The molecule has 0 aromatic heterocycles. The minimum absolute atomic E-state index is 0.211. The predicted molar refractivity (Wildman–Crippen MR) is 120 cm³/mol. The quantitative estimate of drug-likeness (QED) is 0.465. The fourth-order valence-corrected chi connectivity index (χ4v) is 3.21. The van der Waals surface area contributed by atoms with Gasteiger partial charge in [-0.3, -0.25) is 14.9 Å². The highest BCUT2D eigenvalue weighted by Crippen LogP contribution is 2.30. The molecule has 172 valence electrons. The van der Waals surface area contributed by atoms with E-state index in [1.165, 1.54) is 18.2 Å². The zero-order valence-corrected chi connectivity index (χ0v) is 18.5. The Morgan fingerprint density at radius 1 is 1.06 bits per heavy atom. The van der Waals surface area contributed by atoms with Crippen LogP contribution in [0, 0.1) is 0 Å². The SMILES string of the molecule is CCOc1cc(/C=C2/C(=O)NC(=O)N(c3ccc(C(C)C)cc3)C2=O)ccc1OCC(=O)O. The number of barbiturate groups is 1. The Hall–Kier alpha value is -4.14. The molecule has 1 fully saturated rings. The maximum Gasteiger partial charge on any atom is 0.341 e. The van der Waals surface area contributed by atoms with E-state index in [2.05, 4.69) is 5.32 Å². The van der Waals surface area contributed by atoms with Crippen molar-refractivity contribution in [3.05, 3.63) is 59.2 Å². The van der Waals surface area contributed by atoms with E-state index in [1.807, 2.05) is 26.0 Å². The van der Waals surface area contributed by atoms with Crippen LogP contribution in [0.25, 0.3) is 6.08 Å². The van der Waals surface area contributed by atoms with Crippen LogP contribution >= 0.6 is 0 Å². The molecule has 0 saturated carbocycles. The smallest absolute Gasteiger partial charge is 0.341 e. The number of rotatable bonds is 8. The van der Waals surface area contributed by atoms with Crippen molar-refractivity contribution in [2.45, 2.75) is 26.7 Å². The van der Waals surface area contributed by atoms with Gasteiger partial charge in [-0.2, -0.15) is 0 Å². The molecule has 9 nitrogen and oxygen atoms in total. The Labute approximate surface area is 190 Å². The van der Waals surface area contributed by atoms with Crippen molar-refractivity contribution in [2.75, 3.05) is 18.1 Å². The Kier molecular flexibility index (Phi) is 7.12. The van der Waals surface area contributed by atoms with Gasteiger partial charge in [0, 0.05) is 0 Å². The maximum absolute atomic E-state index is 13.1. The Bertz CT molecular complexity index is 1120. The number of carboxylic acids is 1. The van der Waals surface area contributed by atoms with Crippen molar-refractivity contribution in [2.24, 2.45) is 0 Å². The Morgan fingerprint density at radius 3 is 2.36 bits per heavy atom. The van der Waals surface area contributed by atoms with Gasteiger partial charge in [0.25, 0.3) is 11.8 Å². The van der Waals surface area contributed by atoms with Crippen LogP contribution in [0.3, 0.4) is 0 Å². The number of benzene rings is 2. The third-order valence-corrected chi connectivity index (χ3v) is 4.85. The molecule has 0 unspecified atom stereocenters. The van der Waals surface area contributed by atoms with Crippen molar-refractivity contribution in [1.29, 1.82) is 0 Å². The molecule has 9 heteroatoms. The first kappa shape index (κ1) is 23.5. The molecule has 1 saturated heterocycles. The number of carbonyl (C=O) groups is 4. The monoisotopic (exact) mass is 452 g/mol. The van der Waals surface area contributed by atoms with Crippen LogP contribution in [0.5, 0.6) is 11.5 Å². The molecule has 0 radical (unpaired) electrons. The number of amides is 4. The van der Waals surface area contributed by atoms with Crippen LogP contribution in [-0.2, 0) is 14.4 Å². The number of nitrogens with one attached hydrogen (secondary N) is 1. The van der Waals surface area contributed by atoms with Gasteiger partial charge in [-0.1, -0.05) is 32.0 Å². The summed E-state index contributed by atoms with van der Waals surface area (Å²) in [5.41, 5.74) is 1.59. The molecular weight excluding hydrogens is 428 g/mol. The van der Waals surface area contributed by atoms with Crippen molar-refractivity contribution >= 4 is 35.6 Å². The highest BCUT2D eigenvalue weighted by molar-refractivity contribution is 6.39. The molecule has 1 heterocycles. The van der Waals surface area contributed by atoms with Crippen LogP contribution in [0.1, 0.15) is 37.8 Å². The van der Waals surface area contributed by atoms with Crippen molar-refractivity contribution in [3.63, 3.8) is 0 Å². The number of hydrogen-bond acceptors (Lipinski definition) is 6. The second-order valence-corrected chi connectivity index (χ2v) is 7.53. The number of nitrogens with zero attached hydrogens (tertiary/aromatic N) is 1. The lowest BCUT2D eigenvalue weighted by molar-refractivity contribution is -0.139. The van der Waals surface area contributed by atoms with Gasteiger partial charge in [0.05, 0.1) is 12.3 Å². The molecule has 0 bridgehead atoms. The fourth-order valence-electron chi connectivity index (χ4n) is 3.21. The highest BCUT2D eigenvalue weighted by Gasteiger charge is 2.36. The number of urea groups is 1. The molecule has 0 aliphatic carbocycles. The summed E-state index contributed by atoms with van der Waals surface area (Å²) in [5, 5.41) is 11.0. The first-order valence-corrected chi connectivity index (χ1v) is 10.3. The number of carbonyl (C=O) groups excluding carboxylic acids is 3. The van der Waals surface area contributed by atoms with Crippen LogP contribution in [0.4, 0.5) is 10.5 Å². The fraction of sp³-hybridized carbons (Fsp3) is 0.250. The Balaban J connectivity index is 1.93. The van der Waals surface area contributed by atoms with E-state index in [0.717, 1.165) is 10.5 Å². The second-order valence-electron chi connectivity index (χ2n) is 7.53. The number of hydrogen-bond donors (Lipinski definition) is 2. The number of anilines is 1. The van der Waals surface area contributed by atoms with Gasteiger partial charge in [0.1, 0.15) is 5.57 Å². The summed E-state index contributed by atoms with van der Waals surface area (Å²) < 4.78 is 10.7. The van der Waals surface area contributed by atoms with Gasteiger partial charge in [0.15, 0.2) is 18.1 Å². The van der Waals surface area contributed by atoms with E-state index in [0.29, 0.717) is 11.3 Å². The summed E-state index contributed by atoms with van der Waals surface area (Å²) in [7, 11) is 0. The van der Waals surface area contributed by atoms with Gasteiger partial charge >= 0.3 is 12.0 Å². The van der Waals surface area contributed by atoms with E-state index in [1.54, 1.807) is 25.1 Å². The standard InChI is InChI=1S/C24H24N2O7/c1-4-32-20-12-15(5-10-19(20)33-13-21(27)28)11-18-22(29)25-24(31)26(23(18)30)17-8-6-16(7-9-17)14(2)3/h5-12,14H,4,13H2,1-3H3,(H,27,28)(H,25,29,31)/b18-11-. The summed E-state index contributed by atoms with van der Waals surface area (Å²) in [6, 6.07) is 10.7. The van der Waals surface area contributed by atoms with Crippen LogP contribution in [0.15, 0.2) is 48.0 Å². The van der Waals surface area contributed by atoms with Gasteiger partial charge in [-0.25, -0.2) is 14.5 Å². The maximum atomic E-state index is 13.1. The average molecular weight is 452 g/mol. The molecule has 0 spiro atoms. The summed E-state index contributed by atoms with van der Waals surface area (Å²) in [6.07, 6.45) is 1.34. The zero-order valence-electron chi connectivity index (χ0n) is 18.5. The Morgan fingerprint density at radius 2 is 1.76 bits per heavy atom. The summed E-state index contributed by atoms with van der Waals surface area (Å²) in [4.78, 5) is 49.6. The summed E-state index contributed by atoms with van der Waals surface area (Å²) >= 11 is 0. The second kappa shape index (κ2) is 9.99. The van der Waals surface area contributed by atoms with E-state index in [4.69, 9.17) is 14.6 Å². The van der Waals surface area contributed by atoms with Crippen molar-refractivity contribution < 1.29 is 33.8 Å². The highest BCUT2D eigenvalue weighted by atomic mass is 16.5. The van der Waals surface area contributed by atoms with Gasteiger partial charge in [-0.15, -0.1) is 0 Å². The van der Waals surface area contributed by atoms with Crippen LogP contribution in [0.2, 0.25) is 0 Å². The van der Waals surface area contributed by atoms with Crippen molar-refractivity contribution in [1.82, 2.24) is 5.32 Å². The van der Waals surface area contributed by atoms with Gasteiger partial charge in [0.2, 0.25) is 0 Å². The minimum Gasteiger partial charge on any atom is -0.490 e. The topological polar surface area (TPSA) is 122 Å². The average Bonchev–Trinajstić information content (AvgIpc) is 2.76. The van der Waals surface area contributed by atoms with E-state index < -0.39 is 30.4 Å². The molecule has 33 heavy (non-hydrogen) atoms. The predicted octanol–water partition coefficient (Wildman–Crippen LogP) is 3.34. The molecule has 2 N–H and O–H groups in total. The molecular formula is C24H24N2O7. The van der Waals surface area contributed by atoms with Gasteiger partial charge in [-0.05, 0) is 54.3 Å². The summed E-state index contributed by atoms with van der Waals surface area (Å²) in [6.45, 7) is 5.55. The van der Waals surface area contributed by atoms with Crippen molar-refractivity contribution in [3.8, 4) is 11.5 Å². The molecule has 2 aromatic carbocycles.